The molecule has 0 bridgehead atoms. The number of benzene rings is 2. The summed E-state index contributed by atoms with van der Waals surface area (Å²) >= 11 is 0. The van der Waals surface area contributed by atoms with E-state index >= 15 is 0 Å². The van der Waals surface area contributed by atoms with Gasteiger partial charge < -0.3 is 20.5 Å². The largest absolute Gasteiger partial charge is 0.550 e. The van der Waals surface area contributed by atoms with Gasteiger partial charge in [0.25, 0.3) is 5.91 Å². The number of para-hydroxylation sites is 1. The van der Waals surface area contributed by atoms with Crippen molar-refractivity contribution in [3.05, 3.63) is 59.2 Å². The summed E-state index contributed by atoms with van der Waals surface area (Å²) in [5.41, 5.74) is 3.99. The van der Waals surface area contributed by atoms with Gasteiger partial charge in [-0.1, -0.05) is 32.0 Å². The third kappa shape index (κ3) is 5.67. The highest BCUT2D eigenvalue weighted by atomic mass is 16.4. The van der Waals surface area contributed by atoms with Crippen LogP contribution in [0.3, 0.4) is 0 Å². The van der Waals surface area contributed by atoms with Gasteiger partial charge in [0.1, 0.15) is 0 Å². The van der Waals surface area contributed by atoms with Crippen LogP contribution in [0.4, 0.5) is 11.4 Å². The number of carbonyl (C=O) groups is 3. The monoisotopic (exact) mass is 367 g/mol. The van der Waals surface area contributed by atoms with E-state index in [4.69, 9.17) is 0 Å². The summed E-state index contributed by atoms with van der Waals surface area (Å²) < 4.78 is 0. The van der Waals surface area contributed by atoms with Crippen LogP contribution in [0.1, 0.15) is 48.2 Å². The quantitative estimate of drug-likeness (QED) is 0.749. The number of aliphatic carboxylic acids is 1. The Morgan fingerprint density at radius 2 is 1.44 bits per heavy atom. The number of rotatable bonds is 8. The molecule has 6 nitrogen and oxygen atoms in total. The lowest BCUT2D eigenvalue weighted by Crippen LogP contribution is -2.24. The van der Waals surface area contributed by atoms with E-state index in [0.29, 0.717) is 11.3 Å². The van der Waals surface area contributed by atoms with Crippen molar-refractivity contribution in [2.24, 2.45) is 0 Å². The Labute approximate surface area is 158 Å². The van der Waals surface area contributed by atoms with Crippen molar-refractivity contribution < 1.29 is 19.5 Å². The molecule has 2 N–H and O–H groups in total. The summed E-state index contributed by atoms with van der Waals surface area (Å²) in [6, 6.07) is 12.4. The summed E-state index contributed by atoms with van der Waals surface area (Å²) in [4.78, 5) is 34.6. The van der Waals surface area contributed by atoms with Crippen LogP contribution in [0.15, 0.2) is 42.5 Å². The predicted octanol–water partition coefficient (Wildman–Crippen LogP) is 2.53. The second-order valence-electron chi connectivity index (χ2n) is 6.11. The van der Waals surface area contributed by atoms with Crippen molar-refractivity contribution in [2.75, 3.05) is 10.6 Å². The van der Waals surface area contributed by atoms with Crippen LogP contribution in [0.25, 0.3) is 0 Å². The number of carboxylic acid groups (broad SMARTS) is 1. The van der Waals surface area contributed by atoms with Gasteiger partial charge in [-0.3, -0.25) is 9.59 Å². The number of aryl methyl sites for hydroxylation is 2. The highest BCUT2D eigenvalue weighted by molar-refractivity contribution is 6.05. The molecule has 0 heterocycles. The van der Waals surface area contributed by atoms with Crippen molar-refractivity contribution >= 4 is 29.2 Å². The molecule has 2 rings (SSSR count). The number of hydrogen-bond acceptors (Lipinski definition) is 4. The summed E-state index contributed by atoms with van der Waals surface area (Å²) in [6.07, 6.45) is 1.15. The maximum Gasteiger partial charge on any atom is 0.255 e. The van der Waals surface area contributed by atoms with Gasteiger partial charge in [-0.15, -0.1) is 0 Å². The van der Waals surface area contributed by atoms with Crippen LogP contribution < -0.4 is 15.7 Å². The average molecular weight is 367 g/mol. The lowest BCUT2D eigenvalue weighted by molar-refractivity contribution is -0.305. The maximum absolute atomic E-state index is 12.6. The molecule has 0 aromatic heterocycles. The second-order valence-corrected chi connectivity index (χ2v) is 6.11. The van der Waals surface area contributed by atoms with E-state index in [0.717, 1.165) is 29.7 Å². The molecule has 2 aromatic carbocycles. The van der Waals surface area contributed by atoms with Crippen molar-refractivity contribution in [3.8, 4) is 0 Å². The van der Waals surface area contributed by atoms with Gasteiger partial charge in [0, 0.05) is 29.3 Å². The standard InChI is InChI=1S/C21H24N2O4/c1-3-14-6-5-7-15(4-2)20(14)23-21(27)16-8-10-17(11-9-16)22-18(24)12-13-19(25)26/h5-11H,3-4,12-13H2,1-2H3,(H,22,24)(H,23,27)(H,25,26)/p-1. The van der Waals surface area contributed by atoms with Crippen LogP contribution in [0.5, 0.6) is 0 Å². The minimum atomic E-state index is -1.27. The minimum absolute atomic E-state index is 0.155. The molecule has 2 amide bonds. The zero-order valence-electron chi connectivity index (χ0n) is 15.5. The Hall–Kier alpha value is -3.15. The van der Waals surface area contributed by atoms with Crippen molar-refractivity contribution in [3.63, 3.8) is 0 Å². The fourth-order valence-corrected chi connectivity index (χ4v) is 2.73. The van der Waals surface area contributed by atoms with Gasteiger partial charge in [0.2, 0.25) is 5.91 Å². The third-order valence-electron chi connectivity index (χ3n) is 4.22. The Balaban J connectivity index is 2.06. The Morgan fingerprint density at radius 1 is 0.852 bits per heavy atom. The summed E-state index contributed by atoms with van der Waals surface area (Å²) in [5.74, 6) is -1.91. The Bertz CT molecular complexity index is 806. The molecule has 0 aliphatic carbocycles. The SMILES string of the molecule is CCc1cccc(CC)c1NC(=O)c1ccc(NC(=O)CCC(=O)[O-])cc1. The van der Waals surface area contributed by atoms with Crippen molar-refractivity contribution in [1.82, 2.24) is 0 Å². The smallest absolute Gasteiger partial charge is 0.255 e. The number of carboxylic acids is 1. The topological polar surface area (TPSA) is 98.3 Å². The number of amides is 2. The van der Waals surface area contributed by atoms with E-state index in [1.807, 2.05) is 32.0 Å². The van der Waals surface area contributed by atoms with Gasteiger partial charge >= 0.3 is 0 Å². The molecule has 0 atom stereocenters. The van der Waals surface area contributed by atoms with Gasteiger partial charge in [0.05, 0.1) is 0 Å². The van der Waals surface area contributed by atoms with Gasteiger partial charge in [-0.25, -0.2) is 0 Å². The predicted molar refractivity (Wildman–Crippen MR) is 102 cm³/mol. The third-order valence-corrected chi connectivity index (χ3v) is 4.22. The molecule has 2 aromatic rings. The molecule has 27 heavy (non-hydrogen) atoms. The van der Waals surface area contributed by atoms with Gasteiger partial charge in [-0.05, 0) is 54.7 Å². The van der Waals surface area contributed by atoms with E-state index in [9.17, 15) is 19.5 Å². The lowest BCUT2D eigenvalue weighted by atomic mass is 10.0. The second kappa shape index (κ2) is 9.52. The highest BCUT2D eigenvalue weighted by Crippen LogP contribution is 2.23. The van der Waals surface area contributed by atoms with Crippen LogP contribution >= 0.6 is 0 Å². The molecule has 0 aliphatic heterocycles. The molecule has 0 aliphatic rings. The lowest BCUT2D eigenvalue weighted by Gasteiger charge is -2.14. The molecule has 0 saturated heterocycles. The van der Waals surface area contributed by atoms with Crippen molar-refractivity contribution in [2.45, 2.75) is 39.5 Å². The molecule has 0 radical (unpaired) electrons. The van der Waals surface area contributed by atoms with E-state index in [1.165, 1.54) is 0 Å². The minimum Gasteiger partial charge on any atom is -0.550 e. The first kappa shape index (κ1) is 20.2. The molecule has 0 spiro atoms. The maximum atomic E-state index is 12.6. The highest BCUT2D eigenvalue weighted by Gasteiger charge is 2.12. The van der Waals surface area contributed by atoms with E-state index in [2.05, 4.69) is 10.6 Å². The number of hydrogen-bond donors (Lipinski definition) is 2. The first-order chi connectivity index (χ1) is 12.9. The normalized spacial score (nSPS) is 10.3. The Morgan fingerprint density at radius 3 is 1.96 bits per heavy atom. The fraction of sp³-hybridized carbons (Fsp3) is 0.286. The molecular weight excluding hydrogens is 344 g/mol. The molecule has 0 unspecified atom stereocenters. The molecule has 6 heteroatoms. The van der Waals surface area contributed by atoms with E-state index in [1.54, 1.807) is 24.3 Å². The van der Waals surface area contributed by atoms with Crippen LogP contribution in [0, 0.1) is 0 Å². The zero-order chi connectivity index (χ0) is 19.8. The number of carbonyl (C=O) groups excluding carboxylic acids is 3. The number of anilines is 2. The van der Waals surface area contributed by atoms with E-state index in [-0.39, 0.29) is 18.7 Å². The average Bonchev–Trinajstić information content (AvgIpc) is 2.67. The first-order valence-corrected chi connectivity index (χ1v) is 8.96. The first-order valence-electron chi connectivity index (χ1n) is 8.96. The fourth-order valence-electron chi connectivity index (χ4n) is 2.73. The molecule has 0 fully saturated rings. The van der Waals surface area contributed by atoms with Gasteiger partial charge in [-0.2, -0.15) is 0 Å². The van der Waals surface area contributed by atoms with Crippen LogP contribution in [-0.2, 0) is 22.4 Å². The summed E-state index contributed by atoms with van der Waals surface area (Å²) in [7, 11) is 0. The summed E-state index contributed by atoms with van der Waals surface area (Å²) in [5, 5.41) is 16.0. The molecular formula is C21H23N2O4-. The van der Waals surface area contributed by atoms with Crippen molar-refractivity contribution in [1.29, 1.82) is 0 Å². The summed E-state index contributed by atoms with van der Waals surface area (Å²) in [6.45, 7) is 4.09. The van der Waals surface area contributed by atoms with E-state index < -0.39 is 11.9 Å². The van der Waals surface area contributed by atoms with Crippen LogP contribution in [0.2, 0.25) is 0 Å². The van der Waals surface area contributed by atoms with Gasteiger partial charge in [0.15, 0.2) is 0 Å². The van der Waals surface area contributed by atoms with Crippen LogP contribution in [-0.4, -0.2) is 17.8 Å². The molecule has 0 saturated carbocycles. The molecule has 142 valence electrons. The Kier molecular flexibility index (Phi) is 7.11. The number of nitrogens with one attached hydrogen (secondary N) is 2. The zero-order valence-corrected chi connectivity index (χ0v) is 15.5.